The van der Waals surface area contributed by atoms with Crippen molar-refractivity contribution in [3.8, 4) is 0 Å². The molecule has 4 heterocycles. The van der Waals surface area contributed by atoms with E-state index in [1.807, 2.05) is 29.5 Å². The Kier molecular flexibility index (Phi) is 4.36. The lowest BCUT2D eigenvalue weighted by Gasteiger charge is -2.42. The normalized spacial score (nSPS) is 20.5. The number of likely N-dealkylation sites (tertiary alicyclic amines) is 1. The number of likely N-dealkylation sites (N-methyl/N-ethyl adjacent to an activating group) is 1. The fourth-order valence-electron chi connectivity index (χ4n) is 3.66. The molecule has 1 saturated heterocycles. The van der Waals surface area contributed by atoms with Crippen LogP contribution in [0.1, 0.15) is 28.8 Å². The quantitative estimate of drug-likeness (QED) is 0.767. The van der Waals surface area contributed by atoms with Gasteiger partial charge in [-0.1, -0.05) is 6.92 Å². The van der Waals surface area contributed by atoms with E-state index in [0.717, 1.165) is 34.8 Å². The Morgan fingerprint density at radius 3 is 3.04 bits per heavy atom. The highest BCUT2D eigenvalue weighted by atomic mass is 32.1. The molecule has 3 aromatic heterocycles. The smallest absolute Gasteiger partial charge is 0.273 e. The number of amides is 1. The number of nitrogens with zero attached hydrogens (tertiary/aromatic N) is 5. The van der Waals surface area contributed by atoms with Crippen molar-refractivity contribution < 1.29 is 4.79 Å². The summed E-state index contributed by atoms with van der Waals surface area (Å²) in [7, 11) is 2.05. The van der Waals surface area contributed by atoms with Crippen LogP contribution in [-0.2, 0) is 0 Å². The number of piperidine rings is 1. The van der Waals surface area contributed by atoms with Crippen LogP contribution < -0.4 is 4.90 Å². The van der Waals surface area contributed by atoms with Gasteiger partial charge in [0.2, 0.25) is 0 Å². The second-order valence-electron chi connectivity index (χ2n) is 6.88. The maximum Gasteiger partial charge on any atom is 0.273 e. The van der Waals surface area contributed by atoms with Crippen LogP contribution in [0.3, 0.4) is 0 Å². The molecule has 0 bridgehead atoms. The lowest BCUT2D eigenvalue weighted by Crippen LogP contribution is -2.53. The van der Waals surface area contributed by atoms with Crippen LogP contribution in [0.25, 0.3) is 11.0 Å². The molecule has 0 spiro atoms. The zero-order valence-corrected chi connectivity index (χ0v) is 16.0. The zero-order valence-electron chi connectivity index (χ0n) is 15.1. The van der Waals surface area contributed by atoms with E-state index in [2.05, 4.69) is 38.8 Å². The highest BCUT2D eigenvalue weighted by molar-refractivity contribution is 7.09. The average molecular weight is 370 g/mol. The van der Waals surface area contributed by atoms with Crippen molar-refractivity contribution in [2.45, 2.75) is 26.3 Å². The summed E-state index contributed by atoms with van der Waals surface area (Å²) in [6.45, 7) is 5.60. The zero-order chi connectivity index (χ0) is 18.3. The Labute approximate surface area is 156 Å². The number of carbonyl (C=O) groups is 1. The fraction of sp³-hybridized carbons (Fsp3) is 0.444. The van der Waals surface area contributed by atoms with Crippen molar-refractivity contribution in [2.24, 2.45) is 5.92 Å². The van der Waals surface area contributed by atoms with Gasteiger partial charge in [0.25, 0.3) is 5.91 Å². The number of carbonyl (C=O) groups excluding carboxylic acids is 1. The third-order valence-electron chi connectivity index (χ3n) is 5.21. The molecule has 7 nitrogen and oxygen atoms in total. The summed E-state index contributed by atoms with van der Waals surface area (Å²) in [5.41, 5.74) is 1.38. The second-order valence-corrected chi connectivity index (χ2v) is 7.95. The average Bonchev–Trinajstić information content (AvgIpc) is 3.29. The Bertz CT molecular complexity index is 935. The highest BCUT2D eigenvalue weighted by Crippen LogP contribution is 2.29. The van der Waals surface area contributed by atoms with Crippen molar-refractivity contribution in [1.29, 1.82) is 0 Å². The summed E-state index contributed by atoms with van der Waals surface area (Å²) in [4.78, 5) is 33.2. The van der Waals surface area contributed by atoms with Crippen LogP contribution >= 0.6 is 11.3 Å². The molecule has 0 aliphatic carbocycles. The number of thiazole rings is 1. The molecular formula is C18H22N6OS. The number of rotatable bonds is 3. The standard InChI is InChI=1S/C18H22N6OS/c1-11-5-7-24(18(25)14-9-26-12(2)22-14)8-15(11)23(3)17-13-4-6-19-16(13)20-10-21-17/h4,6,9-11,15H,5,7-8H2,1-3H3,(H,19,20,21). The Morgan fingerprint density at radius 1 is 1.42 bits per heavy atom. The lowest BCUT2D eigenvalue weighted by molar-refractivity contribution is 0.0664. The van der Waals surface area contributed by atoms with Gasteiger partial charge in [-0.15, -0.1) is 11.3 Å². The fourth-order valence-corrected chi connectivity index (χ4v) is 4.24. The Hall–Kier alpha value is -2.48. The summed E-state index contributed by atoms with van der Waals surface area (Å²) in [6, 6.07) is 2.19. The van der Waals surface area contributed by atoms with Gasteiger partial charge in [-0.2, -0.15) is 0 Å². The highest BCUT2D eigenvalue weighted by Gasteiger charge is 2.33. The second kappa shape index (κ2) is 6.68. The van der Waals surface area contributed by atoms with Gasteiger partial charge in [-0.3, -0.25) is 4.79 Å². The van der Waals surface area contributed by atoms with Crippen LogP contribution in [0.2, 0.25) is 0 Å². The number of hydrogen-bond acceptors (Lipinski definition) is 6. The van der Waals surface area contributed by atoms with Gasteiger partial charge in [-0.05, 0) is 25.3 Å². The third-order valence-corrected chi connectivity index (χ3v) is 5.98. The number of anilines is 1. The van der Waals surface area contributed by atoms with Crippen molar-refractivity contribution in [3.63, 3.8) is 0 Å². The molecule has 1 aliphatic heterocycles. The van der Waals surface area contributed by atoms with Crippen LogP contribution in [0.15, 0.2) is 24.0 Å². The minimum Gasteiger partial charge on any atom is -0.354 e. The summed E-state index contributed by atoms with van der Waals surface area (Å²) >= 11 is 1.51. The maximum absolute atomic E-state index is 12.8. The van der Waals surface area contributed by atoms with Crippen LogP contribution in [0.4, 0.5) is 5.82 Å². The molecule has 0 aromatic carbocycles. The summed E-state index contributed by atoms with van der Waals surface area (Å²) < 4.78 is 0. The minimum atomic E-state index is 0.0223. The van der Waals surface area contributed by atoms with E-state index in [-0.39, 0.29) is 11.9 Å². The first-order chi connectivity index (χ1) is 12.5. The first-order valence-corrected chi connectivity index (χ1v) is 9.65. The monoisotopic (exact) mass is 370 g/mol. The number of aromatic nitrogens is 4. The van der Waals surface area contributed by atoms with Crippen LogP contribution in [0.5, 0.6) is 0 Å². The number of fused-ring (bicyclic) bond motifs is 1. The number of H-pyrrole nitrogens is 1. The molecule has 2 unspecified atom stereocenters. The molecule has 1 N–H and O–H groups in total. The molecule has 8 heteroatoms. The van der Waals surface area contributed by atoms with Crippen molar-refractivity contribution in [3.05, 3.63) is 34.7 Å². The third kappa shape index (κ3) is 2.94. The molecule has 136 valence electrons. The predicted molar refractivity (Wildman–Crippen MR) is 103 cm³/mol. The molecule has 4 rings (SSSR count). The molecule has 1 amide bonds. The topological polar surface area (TPSA) is 78.0 Å². The molecule has 0 radical (unpaired) electrons. The first-order valence-electron chi connectivity index (χ1n) is 8.77. The SMILES string of the molecule is Cc1nc(C(=O)N2CCC(C)C(N(C)c3ncnc4[nH]ccc34)C2)cs1. The summed E-state index contributed by atoms with van der Waals surface area (Å²) in [6.07, 6.45) is 4.42. The number of aromatic amines is 1. The Balaban J connectivity index is 1.58. The van der Waals surface area contributed by atoms with Crippen molar-refractivity contribution in [1.82, 2.24) is 24.8 Å². The summed E-state index contributed by atoms with van der Waals surface area (Å²) in [5.74, 6) is 1.38. The van der Waals surface area contributed by atoms with Gasteiger partial charge < -0.3 is 14.8 Å². The molecule has 1 fully saturated rings. The van der Waals surface area contributed by atoms with E-state index in [1.165, 1.54) is 11.3 Å². The van der Waals surface area contributed by atoms with Crippen molar-refractivity contribution >= 4 is 34.1 Å². The van der Waals surface area contributed by atoms with Gasteiger partial charge in [0.15, 0.2) is 0 Å². The number of nitrogens with one attached hydrogen (secondary N) is 1. The van der Waals surface area contributed by atoms with Gasteiger partial charge in [0.05, 0.1) is 16.4 Å². The Morgan fingerprint density at radius 2 is 2.27 bits per heavy atom. The van der Waals surface area contributed by atoms with E-state index in [4.69, 9.17) is 0 Å². The largest absolute Gasteiger partial charge is 0.354 e. The maximum atomic E-state index is 12.8. The minimum absolute atomic E-state index is 0.0223. The molecule has 26 heavy (non-hydrogen) atoms. The number of aryl methyl sites for hydroxylation is 1. The van der Waals surface area contributed by atoms with E-state index in [9.17, 15) is 4.79 Å². The number of hydrogen-bond donors (Lipinski definition) is 1. The molecule has 3 aromatic rings. The lowest BCUT2D eigenvalue weighted by atomic mass is 9.92. The van der Waals surface area contributed by atoms with E-state index in [0.29, 0.717) is 18.2 Å². The van der Waals surface area contributed by atoms with Crippen LogP contribution in [-0.4, -0.2) is 56.9 Å². The van der Waals surface area contributed by atoms with Gasteiger partial charge >= 0.3 is 0 Å². The van der Waals surface area contributed by atoms with Gasteiger partial charge in [0, 0.05) is 31.7 Å². The van der Waals surface area contributed by atoms with Gasteiger partial charge in [0.1, 0.15) is 23.5 Å². The van der Waals surface area contributed by atoms with E-state index < -0.39 is 0 Å². The summed E-state index contributed by atoms with van der Waals surface area (Å²) in [5, 5.41) is 3.77. The van der Waals surface area contributed by atoms with Crippen molar-refractivity contribution in [2.75, 3.05) is 25.0 Å². The predicted octanol–water partition coefficient (Wildman–Crippen LogP) is 2.71. The van der Waals surface area contributed by atoms with E-state index >= 15 is 0 Å². The van der Waals surface area contributed by atoms with E-state index in [1.54, 1.807) is 6.33 Å². The molecular weight excluding hydrogens is 348 g/mol. The van der Waals surface area contributed by atoms with Crippen LogP contribution in [0, 0.1) is 12.8 Å². The van der Waals surface area contributed by atoms with Gasteiger partial charge in [-0.25, -0.2) is 15.0 Å². The first kappa shape index (κ1) is 17.0. The molecule has 0 saturated carbocycles. The molecule has 1 aliphatic rings. The molecule has 2 atom stereocenters.